The zero-order valence-corrected chi connectivity index (χ0v) is 7.87. The molecule has 0 aliphatic heterocycles. The van der Waals surface area contributed by atoms with Gasteiger partial charge in [-0.3, -0.25) is 0 Å². The standard InChI is InChI=1S/C11H11F2N/c1-8-2-3-10-9(6-8)4-5-14(10)7-11(12)13/h2-6,11H,7H2,1H3. The lowest BCUT2D eigenvalue weighted by Gasteiger charge is -2.03. The Hall–Kier alpha value is -1.38. The van der Waals surface area contributed by atoms with E-state index in [1.807, 2.05) is 31.2 Å². The summed E-state index contributed by atoms with van der Waals surface area (Å²) in [6.45, 7) is 1.76. The highest BCUT2D eigenvalue weighted by molar-refractivity contribution is 5.80. The minimum Gasteiger partial charge on any atom is -0.342 e. The average Bonchev–Trinajstić information content (AvgIpc) is 2.47. The van der Waals surface area contributed by atoms with Gasteiger partial charge >= 0.3 is 0 Å². The molecule has 0 amide bonds. The van der Waals surface area contributed by atoms with Gasteiger partial charge in [-0.05, 0) is 30.5 Å². The Balaban J connectivity index is 2.47. The summed E-state index contributed by atoms with van der Waals surface area (Å²) in [5.41, 5.74) is 2.02. The maximum Gasteiger partial charge on any atom is 0.256 e. The molecular formula is C11H11F2N. The van der Waals surface area contributed by atoms with E-state index in [0.717, 1.165) is 16.5 Å². The number of halogens is 2. The van der Waals surface area contributed by atoms with Gasteiger partial charge < -0.3 is 4.57 Å². The minimum atomic E-state index is -2.30. The van der Waals surface area contributed by atoms with Gasteiger partial charge in [0.2, 0.25) is 0 Å². The van der Waals surface area contributed by atoms with Crippen LogP contribution >= 0.6 is 0 Å². The second kappa shape index (κ2) is 3.40. The Morgan fingerprint density at radius 1 is 1.29 bits per heavy atom. The van der Waals surface area contributed by atoms with Gasteiger partial charge in [-0.2, -0.15) is 0 Å². The number of alkyl halides is 2. The number of benzene rings is 1. The van der Waals surface area contributed by atoms with E-state index in [1.54, 1.807) is 10.8 Å². The molecular weight excluding hydrogens is 184 g/mol. The van der Waals surface area contributed by atoms with Crippen molar-refractivity contribution in [1.82, 2.24) is 4.57 Å². The van der Waals surface area contributed by atoms with E-state index in [4.69, 9.17) is 0 Å². The quantitative estimate of drug-likeness (QED) is 0.693. The molecule has 0 bridgehead atoms. The predicted molar refractivity (Wildman–Crippen MR) is 52.7 cm³/mol. The van der Waals surface area contributed by atoms with E-state index < -0.39 is 6.43 Å². The molecule has 0 saturated heterocycles. The molecule has 0 aliphatic rings. The molecule has 14 heavy (non-hydrogen) atoms. The molecule has 2 rings (SSSR count). The number of aromatic nitrogens is 1. The lowest BCUT2D eigenvalue weighted by Crippen LogP contribution is -2.04. The number of hydrogen-bond donors (Lipinski definition) is 0. The van der Waals surface area contributed by atoms with E-state index >= 15 is 0 Å². The largest absolute Gasteiger partial charge is 0.342 e. The van der Waals surface area contributed by atoms with Crippen molar-refractivity contribution < 1.29 is 8.78 Å². The van der Waals surface area contributed by atoms with Crippen LogP contribution in [-0.4, -0.2) is 11.0 Å². The molecule has 0 saturated carbocycles. The van der Waals surface area contributed by atoms with Crippen LogP contribution in [0.5, 0.6) is 0 Å². The van der Waals surface area contributed by atoms with Crippen molar-refractivity contribution in [2.75, 3.05) is 0 Å². The Labute approximate surface area is 81.0 Å². The topological polar surface area (TPSA) is 4.93 Å². The van der Waals surface area contributed by atoms with Gasteiger partial charge in [0.15, 0.2) is 0 Å². The monoisotopic (exact) mass is 195 g/mol. The molecule has 1 heterocycles. The first kappa shape index (κ1) is 9.19. The van der Waals surface area contributed by atoms with E-state index in [1.165, 1.54) is 0 Å². The smallest absolute Gasteiger partial charge is 0.256 e. The van der Waals surface area contributed by atoms with Gasteiger partial charge in [-0.15, -0.1) is 0 Å². The zero-order valence-electron chi connectivity index (χ0n) is 7.87. The molecule has 0 spiro atoms. The zero-order chi connectivity index (χ0) is 10.1. The molecule has 0 aliphatic carbocycles. The fraction of sp³-hybridized carbons (Fsp3) is 0.273. The molecule has 0 fully saturated rings. The SMILES string of the molecule is Cc1ccc2c(ccn2CC(F)F)c1. The maximum absolute atomic E-state index is 12.2. The van der Waals surface area contributed by atoms with Gasteiger partial charge in [0, 0.05) is 11.7 Å². The highest BCUT2D eigenvalue weighted by Gasteiger charge is 2.06. The van der Waals surface area contributed by atoms with Crippen molar-refractivity contribution in [2.45, 2.75) is 19.9 Å². The van der Waals surface area contributed by atoms with Gasteiger partial charge in [-0.25, -0.2) is 8.78 Å². The van der Waals surface area contributed by atoms with E-state index in [-0.39, 0.29) is 6.54 Å². The Kier molecular flexibility index (Phi) is 2.23. The van der Waals surface area contributed by atoms with Crippen LogP contribution in [0.3, 0.4) is 0 Å². The van der Waals surface area contributed by atoms with Crippen molar-refractivity contribution >= 4 is 10.9 Å². The normalized spacial score (nSPS) is 11.4. The third-order valence-corrected chi connectivity index (χ3v) is 2.26. The van der Waals surface area contributed by atoms with Gasteiger partial charge in [-0.1, -0.05) is 11.6 Å². The third kappa shape index (κ3) is 1.62. The van der Waals surface area contributed by atoms with Gasteiger partial charge in [0.05, 0.1) is 6.54 Å². The highest BCUT2D eigenvalue weighted by atomic mass is 19.3. The second-order valence-electron chi connectivity index (χ2n) is 3.42. The van der Waals surface area contributed by atoms with Crippen molar-refractivity contribution in [2.24, 2.45) is 0 Å². The summed E-state index contributed by atoms with van der Waals surface area (Å²) in [6.07, 6.45) is -0.595. The number of fused-ring (bicyclic) bond motifs is 1. The van der Waals surface area contributed by atoms with E-state index in [2.05, 4.69) is 0 Å². The van der Waals surface area contributed by atoms with Crippen LogP contribution in [0.15, 0.2) is 30.5 Å². The molecule has 0 unspecified atom stereocenters. The van der Waals surface area contributed by atoms with Crippen LogP contribution in [0, 0.1) is 6.92 Å². The summed E-state index contributed by atoms with van der Waals surface area (Å²) >= 11 is 0. The fourth-order valence-electron chi connectivity index (χ4n) is 1.63. The summed E-state index contributed by atoms with van der Waals surface area (Å²) in [5, 5.41) is 1.02. The fourth-order valence-corrected chi connectivity index (χ4v) is 1.63. The van der Waals surface area contributed by atoms with Crippen LogP contribution < -0.4 is 0 Å². The van der Waals surface area contributed by atoms with Gasteiger partial charge in [0.1, 0.15) is 0 Å². The third-order valence-electron chi connectivity index (χ3n) is 2.26. The van der Waals surface area contributed by atoms with Crippen molar-refractivity contribution in [3.63, 3.8) is 0 Å². The molecule has 74 valence electrons. The van der Waals surface area contributed by atoms with Crippen LogP contribution in [0.2, 0.25) is 0 Å². The lowest BCUT2D eigenvalue weighted by atomic mass is 10.2. The number of aryl methyl sites for hydroxylation is 1. The molecule has 0 radical (unpaired) electrons. The van der Waals surface area contributed by atoms with Crippen LogP contribution in [0.25, 0.3) is 10.9 Å². The highest BCUT2D eigenvalue weighted by Crippen LogP contribution is 2.18. The number of rotatable bonds is 2. The minimum absolute atomic E-state index is 0.230. The summed E-state index contributed by atoms with van der Waals surface area (Å²) in [5.74, 6) is 0. The first-order valence-corrected chi connectivity index (χ1v) is 4.50. The van der Waals surface area contributed by atoms with Crippen LogP contribution in [0.4, 0.5) is 8.78 Å². The van der Waals surface area contributed by atoms with E-state index in [0.29, 0.717) is 0 Å². The maximum atomic E-state index is 12.2. The number of nitrogens with zero attached hydrogens (tertiary/aromatic N) is 1. The summed E-state index contributed by atoms with van der Waals surface area (Å²) < 4.78 is 26.0. The summed E-state index contributed by atoms with van der Waals surface area (Å²) in [4.78, 5) is 0. The van der Waals surface area contributed by atoms with Crippen molar-refractivity contribution in [3.8, 4) is 0 Å². The molecule has 2 aromatic rings. The summed E-state index contributed by atoms with van der Waals surface area (Å²) in [6, 6.07) is 7.68. The average molecular weight is 195 g/mol. The Bertz CT molecular complexity index is 445. The first-order valence-electron chi connectivity index (χ1n) is 4.50. The Morgan fingerprint density at radius 3 is 2.79 bits per heavy atom. The molecule has 1 aromatic heterocycles. The second-order valence-corrected chi connectivity index (χ2v) is 3.42. The molecule has 1 aromatic carbocycles. The lowest BCUT2D eigenvalue weighted by molar-refractivity contribution is 0.128. The molecule has 0 N–H and O–H groups in total. The predicted octanol–water partition coefficient (Wildman–Crippen LogP) is 3.21. The van der Waals surface area contributed by atoms with Crippen LogP contribution in [-0.2, 0) is 6.54 Å². The van der Waals surface area contributed by atoms with Crippen molar-refractivity contribution in [1.29, 1.82) is 0 Å². The van der Waals surface area contributed by atoms with E-state index in [9.17, 15) is 8.78 Å². The molecule has 1 nitrogen and oxygen atoms in total. The molecule has 0 atom stereocenters. The van der Waals surface area contributed by atoms with Crippen LogP contribution in [0.1, 0.15) is 5.56 Å². The van der Waals surface area contributed by atoms with Crippen molar-refractivity contribution in [3.05, 3.63) is 36.0 Å². The Morgan fingerprint density at radius 2 is 2.07 bits per heavy atom. The first-order chi connectivity index (χ1) is 6.66. The van der Waals surface area contributed by atoms with Gasteiger partial charge in [0.25, 0.3) is 6.43 Å². The number of hydrogen-bond acceptors (Lipinski definition) is 0. The molecule has 3 heteroatoms. The summed E-state index contributed by atoms with van der Waals surface area (Å²) in [7, 11) is 0.